The fourth-order valence-corrected chi connectivity index (χ4v) is 2.35. The molecule has 3 heteroatoms. The Morgan fingerprint density at radius 3 is 2.69 bits per heavy atom. The van der Waals surface area contributed by atoms with Crippen LogP contribution in [0.5, 0.6) is 0 Å². The fourth-order valence-electron chi connectivity index (χ4n) is 2.35. The molecule has 0 radical (unpaired) electrons. The van der Waals surface area contributed by atoms with E-state index in [1.165, 1.54) is 12.8 Å². The lowest BCUT2D eigenvalue weighted by Crippen LogP contribution is -2.41. The highest BCUT2D eigenvalue weighted by Gasteiger charge is 2.36. The Bertz CT molecular complexity index is 160. The summed E-state index contributed by atoms with van der Waals surface area (Å²) in [6.45, 7) is 2.29. The van der Waals surface area contributed by atoms with Gasteiger partial charge in [-0.3, -0.25) is 0 Å². The second kappa shape index (κ2) is 3.95. The van der Waals surface area contributed by atoms with Gasteiger partial charge in [0, 0.05) is 13.2 Å². The Labute approximate surface area is 79.6 Å². The van der Waals surface area contributed by atoms with E-state index in [-0.39, 0.29) is 5.60 Å². The largest absolute Gasteiger partial charge is 0.379 e. The second-order valence-electron chi connectivity index (χ2n) is 4.20. The molecular formula is C10H19NO2. The van der Waals surface area contributed by atoms with Crippen molar-refractivity contribution in [3.05, 3.63) is 0 Å². The Kier molecular flexibility index (Phi) is 2.86. The van der Waals surface area contributed by atoms with Crippen LogP contribution in [0.4, 0.5) is 0 Å². The third-order valence-electron chi connectivity index (χ3n) is 3.19. The van der Waals surface area contributed by atoms with E-state index in [9.17, 15) is 0 Å². The first-order valence-corrected chi connectivity index (χ1v) is 5.30. The van der Waals surface area contributed by atoms with Crippen LogP contribution in [0, 0.1) is 0 Å². The van der Waals surface area contributed by atoms with Crippen molar-refractivity contribution in [2.45, 2.75) is 43.8 Å². The molecule has 1 saturated carbocycles. The van der Waals surface area contributed by atoms with E-state index < -0.39 is 0 Å². The van der Waals surface area contributed by atoms with Crippen LogP contribution in [0.25, 0.3) is 0 Å². The molecule has 2 aliphatic rings. The van der Waals surface area contributed by atoms with E-state index in [0.717, 1.165) is 32.5 Å². The van der Waals surface area contributed by atoms with Crippen LogP contribution in [0.1, 0.15) is 32.1 Å². The summed E-state index contributed by atoms with van der Waals surface area (Å²) in [6, 6.07) is 0. The molecule has 13 heavy (non-hydrogen) atoms. The van der Waals surface area contributed by atoms with Gasteiger partial charge in [-0.25, -0.2) is 0 Å². The third-order valence-corrected chi connectivity index (χ3v) is 3.19. The van der Waals surface area contributed by atoms with Crippen LogP contribution in [0.2, 0.25) is 0 Å². The molecule has 0 amide bonds. The molecule has 0 aromatic heterocycles. The van der Waals surface area contributed by atoms with Gasteiger partial charge in [-0.15, -0.1) is 0 Å². The minimum atomic E-state index is -0.00162. The zero-order chi connectivity index (χ0) is 9.15. The van der Waals surface area contributed by atoms with Gasteiger partial charge in [0.25, 0.3) is 0 Å². The van der Waals surface area contributed by atoms with E-state index in [1.54, 1.807) is 0 Å². The third kappa shape index (κ3) is 2.03. The van der Waals surface area contributed by atoms with Crippen molar-refractivity contribution in [1.29, 1.82) is 0 Å². The molecule has 1 atom stereocenters. The van der Waals surface area contributed by atoms with Crippen LogP contribution in [0.3, 0.4) is 0 Å². The highest BCUT2D eigenvalue weighted by Crippen LogP contribution is 2.34. The molecule has 1 unspecified atom stereocenters. The van der Waals surface area contributed by atoms with Crippen molar-refractivity contribution < 1.29 is 9.47 Å². The van der Waals surface area contributed by atoms with Gasteiger partial charge in [0.1, 0.15) is 0 Å². The molecule has 0 aromatic carbocycles. The normalized spacial score (nSPS) is 32.5. The lowest BCUT2D eigenvalue weighted by atomic mass is 10.0. The Morgan fingerprint density at radius 2 is 2.15 bits per heavy atom. The maximum atomic E-state index is 6.06. The average molecular weight is 185 g/mol. The summed E-state index contributed by atoms with van der Waals surface area (Å²) >= 11 is 0. The summed E-state index contributed by atoms with van der Waals surface area (Å²) in [7, 11) is 0. The van der Waals surface area contributed by atoms with Crippen molar-refractivity contribution in [1.82, 2.24) is 0 Å². The zero-order valence-electron chi connectivity index (χ0n) is 8.13. The molecule has 2 rings (SSSR count). The van der Waals surface area contributed by atoms with Gasteiger partial charge in [0.05, 0.1) is 18.3 Å². The molecule has 3 nitrogen and oxygen atoms in total. The van der Waals surface area contributed by atoms with Gasteiger partial charge in [0.15, 0.2) is 0 Å². The van der Waals surface area contributed by atoms with Crippen molar-refractivity contribution in [2.75, 3.05) is 19.8 Å². The molecule has 0 aromatic rings. The van der Waals surface area contributed by atoms with Crippen LogP contribution >= 0.6 is 0 Å². The molecule has 76 valence electrons. The van der Waals surface area contributed by atoms with Crippen molar-refractivity contribution in [3.8, 4) is 0 Å². The fraction of sp³-hybridized carbons (Fsp3) is 1.00. The number of nitrogens with two attached hydrogens (primary N) is 1. The second-order valence-corrected chi connectivity index (χ2v) is 4.20. The van der Waals surface area contributed by atoms with E-state index in [2.05, 4.69) is 0 Å². The number of rotatable bonds is 3. The van der Waals surface area contributed by atoms with Gasteiger partial charge >= 0.3 is 0 Å². The van der Waals surface area contributed by atoms with Crippen LogP contribution in [-0.2, 0) is 9.47 Å². The number of ether oxygens (including phenoxy) is 2. The highest BCUT2D eigenvalue weighted by molar-refractivity contribution is 4.89. The number of hydrogen-bond acceptors (Lipinski definition) is 3. The Balaban J connectivity index is 1.88. The van der Waals surface area contributed by atoms with E-state index >= 15 is 0 Å². The molecule has 2 N–H and O–H groups in total. The minimum absolute atomic E-state index is 0.00162. The molecule has 0 bridgehead atoms. The molecule has 1 heterocycles. The first-order chi connectivity index (χ1) is 6.35. The molecule has 0 spiro atoms. The average Bonchev–Trinajstić information content (AvgIpc) is 2.77. The quantitative estimate of drug-likeness (QED) is 0.715. The van der Waals surface area contributed by atoms with Gasteiger partial charge in [-0.05, 0) is 19.3 Å². The maximum Gasteiger partial charge on any atom is 0.0838 e. The van der Waals surface area contributed by atoms with Crippen molar-refractivity contribution >= 4 is 0 Å². The van der Waals surface area contributed by atoms with Crippen LogP contribution in [-0.4, -0.2) is 31.5 Å². The minimum Gasteiger partial charge on any atom is -0.379 e. The lowest BCUT2D eigenvalue weighted by Gasteiger charge is -2.30. The summed E-state index contributed by atoms with van der Waals surface area (Å²) < 4.78 is 11.4. The SMILES string of the molecule is NCC1(OC2CCOC2)CCCC1. The molecule has 1 aliphatic heterocycles. The molecular weight excluding hydrogens is 166 g/mol. The smallest absolute Gasteiger partial charge is 0.0838 e. The molecule has 1 aliphatic carbocycles. The van der Waals surface area contributed by atoms with E-state index in [1.807, 2.05) is 0 Å². The van der Waals surface area contributed by atoms with Gasteiger partial charge < -0.3 is 15.2 Å². The van der Waals surface area contributed by atoms with Crippen molar-refractivity contribution in [2.24, 2.45) is 5.73 Å². The summed E-state index contributed by atoms with van der Waals surface area (Å²) in [4.78, 5) is 0. The van der Waals surface area contributed by atoms with Gasteiger partial charge in [0.2, 0.25) is 0 Å². The molecule has 2 fully saturated rings. The van der Waals surface area contributed by atoms with Crippen molar-refractivity contribution in [3.63, 3.8) is 0 Å². The van der Waals surface area contributed by atoms with Crippen LogP contribution < -0.4 is 5.73 Å². The zero-order valence-corrected chi connectivity index (χ0v) is 8.13. The predicted molar refractivity (Wildman–Crippen MR) is 50.6 cm³/mol. The molecule has 1 saturated heterocycles. The van der Waals surface area contributed by atoms with Gasteiger partial charge in [-0.1, -0.05) is 12.8 Å². The Morgan fingerprint density at radius 1 is 1.38 bits per heavy atom. The van der Waals surface area contributed by atoms with Gasteiger partial charge in [-0.2, -0.15) is 0 Å². The summed E-state index contributed by atoms with van der Waals surface area (Å²) in [5, 5.41) is 0. The van der Waals surface area contributed by atoms with E-state index in [4.69, 9.17) is 15.2 Å². The van der Waals surface area contributed by atoms with Crippen LogP contribution in [0.15, 0.2) is 0 Å². The number of hydrogen-bond donors (Lipinski definition) is 1. The predicted octanol–water partition coefficient (Wildman–Crippen LogP) is 1.06. The maximum absolute atomic E-state index is 6.06. The summed E-state index contributed by atoms with van der Waals surface area (Å²) in [5.74, 6) is 0. The van der Waals surface area contributed by atoms with E-state index in [0.29, 0.717) is 12.6 Å². The summed E-state index contributed by atoms with van der Waals surface area (Å²) in [6.07, 6.45) is 6.17. The highest BCUT2D eigenvalue weighted by atomic mass is 16.6. The standard InChI is InChI=1S/C10H19NO2/c11-8-10(4-1-2-5-10)13-9-3-6-12-7-9/h9H,1-8,11H2. The Hall–Kier alpha value is -0.120. The summed E-state index contributed by atoms with van der Waals surface area (Å²) in [5.41, 5.74) is 5.78. The first-order valence-electron chi connectivity index (χ1n) is 5.30. The first kappa shape index (κ1) is 9.44. The lowest BCUT2D eigenvalue weighted by molar-refractivity contribution is -0.0844. The topological polar surface area (TPSA) is 44.5 Å². The monoisotopic (exact) mass is 185 g/mol.